The first-order chi connectivity index (χ1) is 8.52. The Kier molecular flexibility index (Phi) is 4.33. The lowest BCUT2D eigenvalue weighted by atomic mass is 9.96. The van der Waals surface area contributed by atoms with Gasteiger partial charge in [0.15, 0.2) is 0 Å². The molecule has 0 spiro atoms. The van der Waals surface area contributed by atoms with Gasteiger partial charge < -0.3 is 5.11 Å². The molecule has 1 aliphatic rings. The van der Waals surface area contributed by atoms with E-state index in [0.29, 0.717) is 12.3 Å². The van der Waals surface area contributed by atoms with Crippen LogP contribution in [0.3, 0.4) is 0 Å². The number of hydrogen-bond acceptors (Lipinski definition) is 2. The minimum atomic E-state index is -0.285. The second-order valence-corrected chi connectivity index (χ2v) is 6.01. The van der Waals surface area contributed by atoms with Crippen LogP contribution < -0.4 is 0 Å². The Hall–Kier alpha value is -0.540. The van der Waals surface area contributed by atoms with Crippen molar-refractivity contribution in [3.05, 3.63) is 16.4 Å². The maximum Gasteiger partial charge on any atom is 0.0850 e. The summed E-state index contributed by atoms with van der Waals surface area (Å²) in [5.74, 6) is 1.17. The fourth-order valence-corrected chi connectivity index (χ4v) is 3.38. The Morgan fingerprint density at radius 3 is 2.72 bits per heavy atom. The van der Waals surface area contributed by atoms with Crippen LogP contribution in [0.5, 0.6) is 0 Å². The van der Waals surface area contributed by atoms with Crippen LogP contribution in [-0.4, -0.2) is 21.0 Å². The number of nitrogens with zero attached hydrogens (tertiary/aromatic N) is 2. The van der Waals surface area contributed by atoms with E-state index < -0.39 is 0 Å². The summed E-state index contributed by atoms with van der Waals surface area (Å²) in [6.45, 7) is 4.31. The van der Waals surface area contributed by atoms with Gasteiger partial charge in [-0.3, -0.25) is 4.68 Å². The predicted octanol–water partition coefficient (Wildman–Crippen LogP) is 2.98. The highest BCUT2D eigenvalue weighted by Gasteiger charge is 2.29. The van der Waals surface area contributed by atoms with E-state index in [1.807, 2.05) is 18.7 Å². The molecule has 1 aliphatic carbocycles. The van der Waals surface area contributed by atoms with Crippen molar-refractivity contribution < 1.29 is 5.11 Å². The number of rotatable bonds is 4. The molecule has 1 aromatic heterocycles. The molecule has 0 radical (unpaired) electrons. The van der Waals surface area contributed by atoms with Crippen LogP contribution in [0.25, 0.3) is 0 Å². The number of hydrogen-bond donors (Lipinski definition) is 1. The van der Waals surface area contributed by atoms with Crippen molar-refractivity contribution in [3.63, 3.8) is 0 Å². The number of aliphatic hydroxyl groups excluding tert-OH is 1. The summed E-state index contributed by atoms with van der Waals surface area (Å²) in [5, 5.41) is 15.5. The molecule has 18 heavy (non-hydrogen) atoms. The summed E-state index contributed by atoms with van der Waals surface area (Å²) in [5.41, 5.74) is 1.90. The molecule has 1 N–H and O–H groups in total. The third kappa shape index (κ3) is 2.72. The predicted molar refractivity (Wildman–Crippen MR) is 73.8 cm³/mol. The third-order valence-corrected chi connectivity index (χ3v) is 4.62. The Balaban J connectivity index is 2.07. The summed E-state index contributed by atoms with van der Waals surface area (Å²) in [6, 6.07) is 0. The molecule has 4 heteroatoms. The summed E-state index contributed by atoms with van der Waals surface area (Å²) in [4.78, 5) is 0. The van der Waals surface area contributed by atoms with Crippen LogP contribution in [0.1, 0.15) is 44.5 Å². The van der Waals surface area contributed by atoms with E-state index >= 15 is 0 Å². The number of aliphatic hydroxyl groups is 1. The van der Waals surface area contributed by atoms with Crippen molar-refractivity contribution in [3.8, 4) is 0 Å². The SMILES string of the molecule is CCc1nn(C)c(CC(O)C2CCC(C)C2)c1Cl. The van der Waals surface area contributed by atoms with E-state index in [9.17, 15) is 5.11 Å². The van der Waals surface area contributed by atoms with E-state index in [2.05, 4.69) is 12.0 Å². The molecule has 0 bridgehead atoms. The highest BCUT2D eigenvalue weighted by molar-refractivity contribution is 6.31. The van der Waals surface area contributed by atoms with Crippen LogP contribution in [0.4, 0.5) is 0 Å². The molecule has 102 valence electrons. The maximum absolute atomic E-state index is 10.4. The molecular formula is C14H23ClN2O. The monoisotopic (exact) mass is 270 g/mol. The molecule has 3 atom stereocenters. The second-order valence-electron chi connectivity index (χ2n) is 5.63. The van der Waals surface area contributed by atoms with Crippen molar-refractivity contribution in [1.29, 1.82) is 0 Å². The quantitative estimate of drug-likeness (QED) is 0.913. The van der Waals surface area contributed by atoms with E-state index in [0.717, 1.165) is 41.6 Å². The van der Waals surface area contributed by atoms with Crippen molar-refractivity contribution in [1.82, 2.24) is 9.78 Å². The average molecular weight is 271 g/mol. The van der Waals surface area contributed by atoms with Crippen molar-refractivity contribution >= 4 is 11.6 Å². The number of aromatic nitrogens is 2. The second kappa shape index (κ2) is 5.62. The van der Waals surface area contributed by atoms with Crippen LogP contribution in [0, 0.1) is 11.8 Å². The molecule has 0 aromatic carbocycles. The lowest BCUT2D eigenvalue weighted by Gasteiger charge is -2.18. The van der Waals surface area contributed by atoms with Gasteiger partial charge in [-0.1, -0.05) is 31.9 Å². The largest absolute Gasteiger partial charge is 0.392 e. The Bertz CT molecular complexity index is 416. The topological polar surface area (TPSA) is 38.0 Å². The Labute approximate surface area is 114 Å². The first kappa shape index (κ1) is 13.9. The van der Waals surface area contributed by atoms with E-state index in [1.54, 1.807) is 0 Å². The van der Waals surface area contributed by atoms with Crippen LogP contribution in [-0.2, 0) is 19.9 Å². The lowest BCUT2D eigenvalue weighted by Crippen LogP contribution is -2.22. The minimum Gasteiger partial charge on any atom is -0.392 e. The summed E-state index contributed by atoms with van der Waals surface area (Å²) in [7, 11) is 1.91. The van der Waals surface area contributed by atoms with Gasteiger partial charge in [0, 0.05) is 13.5 Å². The maximum atomic E-state index is 10.4. The average Bonchev–Trinajstić information content (AvgIpc) is 2.87. The molecule has 2 rings (SSSR count). The van der Waals surface area contributed by atoms with E-state index in [4.69, 9.17) is 11.6 Å². The molecule has 1 saturated carbocycles. The fraction of sp³-hybridized carbons (Fsp3) is 0.786. The van der Waals surface area contributed by atoms with Crippen molar-refractivity contribution in [2.24, 2.45) is 18.9 Å². The molecule has 1 heterocycles. The van der Waals surface area contributed by atoms with Gasteiger partial charge >= 0.3 is 0 Å². The minimum absolute atomic E-state index is 0.285. The van der Waals surface area contributed by atoms with Crippen molar-refractivity contribution in [2.45, 2.75) is 52.1 Å². The van der Waals surface area contributed by atoms with Gasteiger partial charge in [-0.05, 0) is 31.1 Å². The zero-order chi connectivity index (χ0) is 13.3. The third-order valence-electron chi connectivity index (χ3n) is 4.18. The van der Waals surface area contributed by atoms with Crippen LogP contribution >= 0.6 is 11.6 Å². The number of aryl methyl sites for hydroxylation is 2. The molecule has 0 aliphatic heterocycles. The van der Waals surface area contributed by atoms with Crippen LogP contribution in [0.15, 0.2) is 0 Å². The highest BCUT2D eigenvalue weighted by Crippen LogP contribution is 2.34. The zero-order valence-electron chi connectivity index (χ0n) is 11.5. The standard InChI is InChI=1S/C14H23ClN2O/c1-4-11-14(15)12(17(3)16-11)8-13(18)10-6-5-9(2)7-10/h9-10,13,18H,4-8H2,1-3H3. The Morgan fingerprint density at radius 1 is 1.50 bits per heavy atom. The van der Waals surface area contributed by atoms with E-state index in [-0.39, 0.29) is 6.10 Å². The normalized spacial score (nSPS) is 25.6. The first-order valence-electron chi connectivity index (χ1n) is 6.91. The summed E-state index contributed by atoms with van der Waals surface area (Å²) in [6.07, 6.45) is 4.69. The summed E-state index contributed by atoms with van der Waals surface area (Å²) >= 11 is 6.31. The van der Waals surface area contributed by atoms with Crippen LogP contribution in [0.2, 0.25) is 5.02 Å². The molecule has 3 nitrogen and oxygen atoms in total. The van der Waals surface area contributed by atoms with Gasteiger partial charge in [0.25, 0.3) is 0 Å². The molecule has 3 unspecified atom stereocenters. The van der Waals surface area contributed by atoms with Gasteiger partial charge in [-0.2, -0.15) is 5.10 Å². The smallest absolute Gasteiger partial charge is 0.0850 e. The fourth-order valence-electron chi connectivity index (χ4n) is 3.01. The number of halogens is 1. The molecule has 1 fully saturated rings. The zero-order valence-corrected chi connectivity index (χ0v) is 12.2. The summed E-state index contributed by atoms with van der Waals surface area (Å²) < 4.78 is 1.82. The van der Waals surface area contributed by atoms with Gasteiger partial charge in [0.2, 0.25) is 0 Å². The van der Waals surface area contributed by atoms with Crippen molar-refractivity contribution in [2.75, 3.05) is 0 Å². The molecule has 0 saturated heterocycles. The van der Waals surface area contributed by atoms with E-state index in [1.165, 1.54) is 6.42 Å². The Morgan fingerprint density at radius 2 is 2.22 bits per heavy atom. The highest BCUT2D eigenvalue weighted by atomic mass is 35.5. The first-order valence-corrected chi connectivity index (χ1v) is 7.29. The molecule has 0 amide bonds. The lowest BCUT2D eigenvalue weighted by molar-refractivity contribution is 0.107. The molecule has 1 aromatic rings. The van der Waals surface area contributed by atoms with Gasteiger partial charge in [-0.25, -0.2) is 0 Å². The van der Waals surface area contributed by atoms with Gasteiger partial charge in [0.1, 0.15) is 0 Å². The van der Waals surface area contributed by atoms with Gasteiger partial charge in [0.05, 0.1) is 22.5 Å². The van der Waals surface area contributed by atoms with Gasteiger partial charge in [-0.15, -0.1) is 0 Å². The molecular weight excluding hydrogens is 248 g/mol.